The molecule has 3 heterocycles. The van der Waals surface area contributed by atoms with Gasteiger partial charge in [0, 0.05) is 53.4 Å². The van der Waals surface area contributed by atoms with Gasteiger partial charge >= 0.3 is 0 Å². The third-order valence-corrected chi connectivity index (χ3v) is 7.57. The highest BCUT2D eigenvalue weighted by Crippen LogP contribution is 2.44. The summed E-state index contributed by atoms with van der Waals surface area (Å²) in [6, 6.07) is 8.52. The van der Waals surface area contributed by atoms with Crippen molar-refractivity contribution >= 4 is 22.8 Å². The molecule has 3 aromatic rings. The molecule has 0 saturated heterocycles. The van der Waals surface area contributed by atoms with E-state index >= 15 is 0 Å². The van der Waals surface area contributed by atoms with Crippen LogP contribution in [0.4, 0.5) is 0 Å². The summed E-state index contributed by atoms with van der Waals surface area (Å²) in [4.78, 5) is 15.8. The molecule has 2 aliphatic heterocycles. The first-order chi connectivity index (χ1) is 16.5. The Morgan fingerprint density at radius 2 is 1.94 bits per heavy atom. The monoisotopic (exact) mass is 458 g/mol. The van der Waals surface area contributed by atoms with Crippen LogP contribution in [-0.4, -0.2) is 35.1 Å². The van der Waals surface area contributed by atoms with E-state index in [9.17, 15) is 4.79 Å². The second kappa shape index (κ2) is 8.20. The molecule has 3 aliphatic rings. The first-order valence-electron chi connectivity index (χ1n) is 12.1. The van der Waals surface area contributed by atoms with Gasteiger partial charge in [0.05, 0.1) is 12.7 Å². The average molecular weight is 459 g/mol. The van der Waals surface area contributed by atoms with Crippen molar-refractivity contribution in [2.45, 2.75) is 51.6 Å². The van der Waals surface area contributed by atoms with Crippen LogP contribution in [0, 0.1) is 6.92 Å². The summed E-state index contributed by atoms with van der Waals surface area (Å²) < 4.78 is 19.8. The van der Waals surface area contributed by atoms with Gasteiger partial charge in [0.25, 0.3) is 0 Å². The summed E-state index contributed by atoms with van der Waals surface area (Å²) in [6.07, 6.45) is 10.2. The molecule has 34 heavy (non-hydrogen) atoms. The predicted molar refractivity (Wildman–Crippen MR) is 131 cm³/mol. The van der Waals surface area contributed by atoms with Crippen LogP contribution in [0.2, 0.25) is 0 Å². The van der Waals surface area contributed by atoms with E-state index < -0.39 is 0 Å². The van der Waals surface area contributed by atoms with Gasteiger partial charge in [-0.3, -0.25) is 9.69 Å². The largest absolute Gasteiger partial charge is 0.497 e. The van der Waals surface area contributed by atoms with E-state index in [2.05, 4.69) is 4.90 Å². The summed E-state index contributed by atoms with van der Waals surface area (Å²) >= 11 is 0. The van der Waals surface area contributed by atoms with Crippen molar-refractivity contribution in [3.63, 3.8) is 0 Å². The van der Waals surface area contributed by atoms with E-state index in [1.807, 2.05) is 55.1 Å². The summed E-state index contributed by atoms with van der Waals surface area (Å²) in [6.45, 7) is 3.42. The van der Waals surface area contributed by atoms with Gasteiger partial charge in [-0.25, -0.2) is 0 Å². The van der Waals surface area contributed by atoms with Gasteiger partial charge in [0.2, 0.25) is 5.78 Å². The number of ether oxygens (including phenoxy) is 3. The van der Waals surface area contributed by atoms with Gasteiger partial charge in [-0.15, -0.1) is 0 Å². The molecule has 0 atom stereocenters. The van der Waals surface area contributed by atoms with Crippen LogP contribution in [0.5, 0.6) is 17.2 Å². The fourth-order valence-electron chi connectivity index (χ4n) is 5.73. The number of carbonyl (C=O) groups is 1. The molecule has 176 valence electrons. The van der Waals surface area contributed by atoms with Crippen molar-refractivity contribution < 1.29 is 19.0 Å². The highest BCUT2D eigenvalue weighted by Gasteiger charge is 2.35. The number of hydrogen-bond donors (Lipinski definition) is 0. The van der Waals surface area contributed by atoms with Crippen LogP contribution in [0.25, 0.3) is 17.0 Å². The van der Waals surface area contributed by atoms with Gasteiger partial charge < -0.3 is 18.8 Å². The van der Waals surface area contributed by atoms with E-state index in [1.54, 1.807) is 7.11 Å². The van der Waals surface area contributed by atoms with Gasteiger partial charge in [-0.1, -0.05) is 19.3 Å². The molecule has 1 fully saturated rings. The van der Waals surface area contributed by atoms with Crippen molar-refractivity contribution in [2.24, 2.45) is 7.05 Å². The minimum absolute atomic E-state index is 0.0735. The van der Waals surface area contributed by atoms with Crippen molar-refractivity contribution in [3.8, 4) is 17.2 Å². The third kappa shape index (κ3) is 3.40. The summed E-state index contributed by atoms with van der Waals surface area (Å²) in [5.41, 5.74) is 4.62. The number of carbonyl (C=O) groups excluding carboxylic acids is 1. The Kier molecular flexibility index (Phi) is 5.14. The van der Waals surface area contributed by atoms with E-state index in [0.717, 1.165) is 45.6 Å². The Morgan fingerprint density at radius 1 is 1.12 bits per heavy atom. The Hall–Kier alpha value is -3.25. The number of fused-ring (bicyclic) bond motifs is 3. The Bertz CT molecular complexity index is 1330. The quantitative estimate of drug-likeness (QED) is 0.479. The zero-order valence-corrected chi connectivity index (χ0v) is 20.0. The molecule has 0 spiro atoms. The Balaban J connectivity index is 1.34. The number of rotatable bonds is 3. The molecule has 0 unspecified atom stereocenters. The fourth-order valence-corrected chi connectivity index (χ4v) is 5.73. The maximum absolute atomic E-state index is 13.4. The maximum atomic E-state index is 13.4. The number of methoxy groups -OCH3 is 1. The second-order valence-electron chi connectivity index (χ2n) is 9.70. The minimum atomic E-state index is -0.0735. The lowest BCUT2D eigenvalue weighted by Gasteiger charge is -2.37. The molecule has 0 bridgehead atoms. The van der Waals surface area contributed by atoms with E-state index in [4.69, 9.17) is 14.2 Å². The second-order valence-corrected chi connectivity index (χ2v) is 9.70. The number of benzene rings is 2. The number of nitrogens with zero attached hydrogens (tertiary/aromatic N) is 2. The standard InChI is InChI=1S/C28H30N2O4/c1-17-27-19(15-30(16-33-27)20-7-5-4-6-8-20)11-23-26(31)25(34-28(17)23)12-18-14-29(2)24-10-9-21(32-3)13-22(18)24/h9-14,20H,4-8,15-16H2,1-3H3/b25-12-. The maximum Gasteiger partial charge on any atom is 0.231 e. The molecule has 1 saturated carbocycles. The zero-order chi connectivity index (χ0) is 23.4. The molecule has 6 heteroatoms. The molecule has 1 aromatic heterocycles. The lowest BCUT2D eigenvalue weighted by molar-refractivity contribution is 0.0397. The van der Waals surface area contributed by atoms with Gasteiger partial charge in [0.1, 0.15) is 24.0 Å². The normalized spacial score (nSPS) is 19.7. The van der Waals surface area contributed by atoms with Crippen molar-refractivity contribution in [1.82, 2.24) is 9.47 Å². The smallest absolute Gasteiger partial charge is 0.231 e. The van der Waals surface area contributed by atoms with Crippen LogP contribution in [0.3, 0.4) is 0 Å². The summed E-state index contributed by atoms with van der Waals surface area (Å²) in [5.74, 6) is 2.55. The van der Waals surface area contributed by atoms with Crippen molar-refractivity contribution in [1.29, 1.82) is 0 Å². The third-order valence-electron chi connectivity index (χ3n) is 7.57. The minimum Gasteiger partial charge on any atom is -0.497 e. The highest BCUT2D eigenvalue weighted by atomic mass is 16.5. The Labute approximate surface area is 199 Å². The van der Waals surface area contributed by atoms with Crippen LogP contribution in [0.1, 0.15) is 59.2 Å². The molecule has 2 aromatic carbocycles. The SMILES string of the molecule is COc1ccc2c(c1)c(/C=C1\Oc3c(cc4c(c3C)OCN(C3CCCCC3)C4)C1=O)cn2C. The number of allylic oxidation sites excluding steroid dienone is 1. The summed E-state index contributed by atoms with van der Waals surface area (Å²) in [7, 11) is 3.65. The topological polar surface area (TPSA) is 52.9 Å². The number of hydrogen-bond acceptors (Lipinski definition) is 5. The summed E-state index contributed by atoms with van der Waals surface area (Å²) in [5, 5.41) is 1.02. The van der Waals surface area contributed by atoms with E-state index in [-0.39, 0.29) is 5.78 Å². The molecule has 0 radical (unpaired) electrons. The molecular weight excluding hydrogens is 428 g/mol. The van der Waals surface area contributed by atoms with Crippen molar-refractivity contribution in [3.05, 3.63) is 58.5 Å². The lowest BCUT2D eigenvalue weighted by atomic mass is 9.93. The van der Waals surface area contributed by atoms with Crippen LogP contribution in [-0.2, 0) is 13.6 Å². The Morgan fingerprint density at radius 3 is 2.74 bits per heavy atom. The van der Waals surface area contributed by atoms with Crippen LogP contribution in [0.15, 0.2) is 36.2 Å². The van der Waals surface area contributed by atoms with E-state index in [1.165, 1.54) is 32.1 Å². The molecule has 1 aliphatic carbocycles. The fraction of sp³-hybridized carbons (Fsp3) is 0.393. The lowest BCUT2D eigenvalue weighted by Crippen LogP contribution is -2.41. The molecule has 6 rings (SSSR count). The molecule has 0 N–H and O–H groups in total. The molecule has 6 nitrogen and oxygen atoms in total. The van der Waals surface area contributed by atoms with Crippen LogP contribution < -0.4 is 14.2 Å². The first kappa shape index (κ1) is 21.3. The van der Waals surface area contributed by atoms with Gasteiger partial charge in [-0.2, -0.15) is 0 Å². The van der Waals surface area contributed by atoms with Crippen LogP contribution >= 0.6 is 0 Å². The van der Waals surface area contributed by atoms with Gasteiger partial charge in [0.15, 0.2) is 5.76 Å². The van der Waals surface area contributed by atoms with Gasteiger partial charge in [-0.05, 0) is 50.1 Å². The predicted octanol–water partition coefficient (Wildman–Crippen LogP) is 5.60. The first-order valence-corrected chi connectivity index (χ1v) is 12.1. The van der Waals surface area contributed by atoms with Crippen molar-refractivity contribution in [2.75, 3.05) is 13.8 Å². The van der Waals surface area contributed by atoms with E-state index in [0.29, 0.717) is 29.8 Å². The molecule has 0 amide bonds. The number of aryl methyl sites for hydroxylation is 1. The number of aromatic nitrogens is 1. The number of ketones is 1. The highest BCUT2D eigenvalue weighted by molar-refractivity contribution is 6.15. The average Bonchev–Trinajstić information content (AvgIpc) is 3.35. The molecular formula is C28H30N2O4. The number of Topliss-reactive ketones (excluding diaryl/α,β-unsaturated/α-hetero) is 1. The zero-order valence-electron chi connectivity index (χ0n) is 20.0.